The van der Waals surface area contributed by atoms with Crippen molar-refractivity contribution < 1.29 is 28.6 Å². The zero-order chi connectivity index (χ0) is 18.4. The first kappa shape index (κ1) is 19.1. The van der Waals surface area contributed by atoms with Gasteiger partial charge in [0.1, 0.15) is 11.3 Å². The summed E-state index contributed by atoms with van der Waals surface area (Å²) < 4.78 is 14.3. The number of methoxy groups -OCH3 is 1. The van der Waals surface area contributed by atoms with Gasteiger partial charge >= 0.3 is 12.1 Å². The molecule has 1 aliphatic rings. The molecule has 8 heteroatoms. The summed E-state index contributed by atoms with van der Waals surface area (Å²) in [5, 5.41) is 2.90. The minimum atomic E-state index is -1.11. The maximum Gasteiger partial charge on any atom is 0.516 e. The molecule has 7 nitrogen and oxygen atoms in total. The van der Waals surface area contributed by atoms with Gasteiger partial charge in [-0.1, -0.05) is 24.4 Å². The number of amides is 1. The number of nitrogens with one attached hydrogen (secondary N) is 1. The number of rotatable bonds is 5. The third-order valence-electron chi connectivity index (χ3n) is 3.93. The monoisotopic (exact) mass is 369 g/mol. The van der Waals surface area contributed by atoms with Crippen LogP contribution in [0.1, 0.15) is 43.0 Å². The van der Waals surface area contributed by atoms with Crippen LogP contribution < -0.4 is 10.1 Å². The quantitative estimate of drug-likeness (QED) is 0.627. The summed E-state index contributed by atoms with van der Waals surface area (Å²) in [5.74, 6) is -0.967. The fourth-order valence-electron chi connectivity index (χ4n) is 2.68. The predicted molar refractivity (Wildman–Crippen MR) is 91.0 cm³/mol. The topological polar surface area (TPSA) is 90.9 Å². The molecule has 1 N–H and O–H groups in total. The summed E-state index contributed by atoms with van der Waals surface area (Å²) in [6, 6.07) is 2.71. The molecule has 1 aromatic carbocycles. The van der Waals surface area contributed by atoms with Crippen LogP contribution >= 0.6 is 11.6 Å². The van der Waals surface area contributed by atoms with E-state index in [1.54, 1.807) is 6.92 Å². The van der Waals surface area contributed by atoms with E-state index in [0.29, 0.717) is 5.69 Å². The van der Waals surface area contributed by atoms with E-state index < -0.39 is 12.1 Å². The molecule has 2 rings (SSSR count). The lowest BCUT2D eigenvalue weighted by Crippen LogP contribution is -2.21. The second-order valence-corrected chi connectivity index (χ2v) is 5.98. The first-order chi connectivity index (χ1) is 12.0. The molecule has 0 unspecified atom stereocenters. The van der Waals surface area contributed by atoms with E-state index in [-0.39, 0.29) is 34.8 Å². The standard InChI is InChI=1S/C17H20ClNO6/c1-3-24-17(22)25-16(21)11-8-12(18)13(9-14(11)23-2)19-15(20)10-6-4-5-7-10/h8-10H,3-7H2,1-2H3,(H,19,20). The van der Waals surface area contributed by atoms with Gasteiger partial charge in [-0.2, -0.15) is 0 Å². The second-order valence-electron chi connectivity index (χ2n) is 5.58. The normalized spacial score (nSPS) is 14.0. The maximum atomic E-state index is 12.2. The highest BCUT2D eigenvalue weighted by Crippen LogP contribution is 2.33. The maximum absolute atomic E-state index is 12.2. The molecular formula is C17H20ClNO6. The van der Waals surface area contributed by atoms with Crippen molar-refractivity contribution in [3.63, 3.8) is 0 Å². The average Bonchev–Trinajstić information content (AvgIpc) is 3.11. The van der Waals surface area contributed by atoms with Gasteiger partial charge in [0.2, 0.25) is 5.91 Å². The second kappa shape index (κ2) is 8.71. The van der Waals surface area contributed by atoms with Crippen LogP contribution in [0.3, 0.4) is 0 Å². The Morgan fingerprint density at radius 1 is 1.24 bits per heavy atom. The lowest BCUT2D eigenvalue weighted by atomic mass is 10.1. The molecule has 1 saturated carbocycles. The van der Waals surface area contributed by atoms with Crippen LogP contribution in [0.4, 0.5) is 10.5 Å². The van der Waals surface area contributed by atoms with Crippen molar-refractivity contribution >= 4 is 35.3 Å². The van der Waals surface area contributed by atoms with Gasteiger partial charge in [0.15, 0.2) is 0 Å². The summed E-state index contributed by atoms with van der Waals surface area (Å²) in [6.45, 7) is 1.67. The number of carbonyl (C=O) groups is 3. The van der Waals surface area contributed by atoms with Crippen LogP contribution in [0.5, 0.6) is 5.75 Å². The third kappa shape index (κ3) is 4.85. The molecule has 1 fully saturated rings. The van der Waals surface area contributed by atoms with Gasteiger partial charge in [0.25, 0.3) is 0 Å². The predicted octanol–water partition coefficient (Wildman–Crippen LogP) is 3.79. The van der Waals surface area contributed by atoms with Crippen LogP contribution in [-0.2, 0) is 14.3 Å². The molecule has 1 aromatic rings. The number of esters is 1. The Labute approximate surface area is 150 Å². The van der Waals surface area contributed by atoms with Gasteiger partial charge in [-0.3, -0.25) is 4.79 Å². The lowest BCUT2D eigenvalue weighted by Gasteiger charge is -2.14. The molecule has 1 aliphatic carbocycles. The summed E-state index contributed by atoms with van der Waals surface area (Å²) >= 11 is 6.16. The average molecular weight is 370 g/mol. The zero-order valence-corrected chi connectivity index (χ0v) is 14.9. The highest BCUT2D eigenvalue weighted by molar-refractivity contribution is 6.34. The first-order valence-electron chi connectivity index (χ1n) is 8.03. The molecule has 0 aliphatic heterocycles. The van der Waals surface area contributed by atoms with Crippen molar-refractivity contribution in [3.8, 4) is 5.75 Å². The Balaban J connectivity index is 2.17. The fraction of sp³-hybridized carbons (Fsp3) is 0.471. The van der Waals surface area contributed by atoms with E-state index in [0.717, 1.165) is 25.7 Å². The lowest BCUT2D eigenvalue weighted by molar-refractivity contribution is -0.119. The molecule has 25 heavy (non-hydrogen) atoms. The van der Waals surface area contributed by atoms with Gasteiger partial charge in [-0.25, -0.2) is 9.59 Å². The molecule has 0 atom stereocenters. The van der Waals surface area contributed by atoms with E-state index in [1.165, 1.54) is 19.2 Å². The molecule has 1 amide bonds. The van der Waals surface area contributed by atoms with Crippen LogP contribution in [-0.4, -0.2) is 31.7 Å². The third-order valence-corrected chi connectivity index (χ3v) is 4.24. The van der Waals surface area contributed by atoms with E-state index in [2.05, 4.69) is 14.8 Å². The summed E-state index contributed by atoms with van der Waals surface area (Å²) in [5.41, 5.74) is 0.294. The number of halogens is 1. The molecular weight excluding hydrogens is 350 g/mol. The highest BCUT2D eigenvalue weighted by atomic mass is 35.5. The molecule has 0 heterocycles. The van der Waals surface area contributed by atoms with Crippen molar-refractivity contribution in [2.45, 2.75) is 32.6 Å². The van der Waals surface area contributed by atoms with Gasteiger partial charge in [0, 0.05) is 12.0 Å². The minimum absolute atomic E-state index is 0.0319. The summed E-state index contributed by atoms with van der Waals surface area (Å²) in [7, 11) is 1.35. The fourth-order valence-corrected chi connectivity index (χ4v) is 2.89. The number of ether oxygens (including phenoxy) is 3. The van der Waals surface area contributed by atoms with Crippen LogP contribution in [0.15, 0.2) is 12.1 Å². The van der Waals surface area contributed by atoms with Crippen LogP contribution in [0.2, 0.25) is 5.02 Å². The zero-order valence-electron chi connectivity index (χ0n) is 14.1. The smallest absolute Gasteiger partial charge is 0.496 e. The Bertz CT molecular complexity index is 669. The highest BCUT2D eigenvalue weighted by Gasteiger charge is 2.25. The Hall–Kier alpha value is -2.28. The molecule has 0 aromatic heterocycles. The van der Waals surface area contributed by atoms with Crippen molar-refractivity contribution in [3.05, 3.63) is 22.7 Å². The van der Waals surface area contributed by atoms with Gasteiger partial charge in [-0.15, -0.1) is 0 Å². The van der Waals surface area contributed by atoms with E-state index in [1.807, 2.05) is 0 Å². The number of carbonyl (C=O) groups excluding carboxylic acids is 3. The van der Waals surface area contributed by atoms with E-state index in [4.69, 9.17) is 16.3 Å². The molecule has 136 valence electrons. The van der Waals surface area contributed by atoms with E-state index >= 15 is 0 Å². The van der Waals surface area contributed by atoms with Crippen molar-refractivity contribution in [1.29, 1.82) is 0 Å². The minimum Gasteiger partial charge on any atom is -0.496 e. The number of hydrogen-bond acceptors (Lipinski definition) is 6. The largest absolute Gasteiger partial charge is 0.516 e. The number of anilines is 1. The van der Waals surface area contributed by atoms with Gasteiger partial charge in [-0.05, 0) is 25.8 Å². The SMILES string of the molecule is CCOC(=O)OC(=O)c1cc(Cl)c(NC(=O)C2CCCC2)cc1OC. The summed E-state index contributed by atoms with van der Waals surface area (Å²) in [4.78, 5) is 35.6. The number of hydrogen-bond donors (Lipinski definition) is 1. The van der Waals surface area contributed by atoms with Gasteiger partial charge in [0.05, 0.1) is 24.4 Å². The summed E-state index contributed by atoms with van der Waals surface area (Å²) in [6.07, 6.45) is 2.67. The Kier molecular flexibility index (Phi) is 6.64. The van der Waals surface area contributed by atoms with Gasteiger partial charge < -0.3 is 19.5 Å². The van der Waals surface area contributed by atoms with Crippen LogP contribution in [0, 0.1) is 5.92 Å². The van der Waals surface area contributed by atoms with E-state index in [9.17, 15) is 14.4 Å². The molecule has 0 radical (unpaired) electrons. The molecule has 0 saturated heterocycles. The van der Waals surface area contributed by atoms with Crippen molar-refractivity contribution in [2.75, 3.05) is 19.0 Å². The number of benzene rings is 1. The Morgan fingerprint density at radius 2 is 1.92 bits per heavy atom. The van der Waals surface area contributed by atoms with Crippen molar-refractivity contribution in [2.24, 2.45) is 5.92 Å². The van der Waals surface area contributed by atoms with Crippen molar-refractivity contribution in [1.82, 2.24) is 0 Å². The first-order valence-corrected chi connectivity index (χ1v) is 8.41. The van der Waals surface area contributed by atoms with Crippen LogP contribution in [0.25, 0.3) is 0 Å². The molecule has 0 bridgehead atoms. The Morgan fingerprint density at radius 3 is 2.52 bits per heavy atom. The molecule has 0 spiro atoms.